The number of hydrogen-bond acceptors (Lipinski definition) is 3. The first kappa shape index (κ1) is 17.9. The average molecular weight is 348 g/mol. The zero-order valence-electron chi connectivity index (χ0n) is 15.5. The van der Waals surface area contributed by atoms with Gasteiger partial charge in [-0.1, -0.05) is 29.8 Å². The Morgan fingerprint density at radius 2 is 2.00 bits per heavy atom. The summed E-state index contributed by atoms with van der Waals surface area (Å²) in [5.74, 6) is -0.226. The van der Waals surface area contributed by atoms with Crippen molar-refractivity contribution in [2.24, 2.45) is 0 Å². The molecule has 1 saturated carbocycles. The normalized spacial score (nSPS) is 15.5. The van der Waals surface area contributed by atoms with E-state index in [4.69, 9.17) is 0 Å². The van der Waals surface area contributed by atoms with Gasteiger partial charge in [0.1, 0.15) is 5.54 Å². The number of amides is 1. The molecule has 5 heteroatoms. The number of nitriles is 1. The minimum Gasteiger partial charge on any atom is -0.334 e. The fraction of sp³-hybridized carbons (Fsp3) is 0.381. The van der Waals surface area contributed by atoms with Gasteiger partial charge < -0.3 is 5.32 Å². The Balaban J connectivity index is 1.72. The molecule has 0 bridgehead atoms. The molecule has 1 aliphatic carbocycles. The Morgan fingerprint density at radius 3 is 2.58 bits per heavy atom. The number of nitrogens with one attached hydrogen (secondary N) is 1. The summed E-state index contributed by atoms with van der Waals surface area (Å²) >= 11 is 0. The summed E-state index contributed by atoms with van der Waals surface area (Å²) in [5.41, 5.74) is 4.62. The van der Waals surface area contributed by atoms with Crippen molar-refractivity contribution in [3.8, 4) is 6.07 Å². The maximum absolute atomic E-state index is 12.2. The Hall–Kier alpha value is -2.87. The number of benzene rings is 1. The van der Waals surface area contributed by atoms with Gasteiger partial charge in [0.05, 0.1) is 18.3 Å². The Labute approximate surface area is 154 Å². The molecule has 5 nitrogen and oxygen atoms in total. The van der Waals surface area contributed by atoms with E-state index in [1.54, 1.807) is 6.08 Å². The smallest absolute Gasteiger partial charge is 0.245 e. The SMILES string of the molecule is Cc1ccc(Cn2nc(C)c(/C=C/C(=O)NC3(C#N)CCC3)c2C)cc1. The summed E-state index contributed by atoms with van der Waals surface area (Å²) in [6, 6.07) is 10.6. The van der Waals surface area contributed by atoms with Crippen molar-refractivity contribution >= 4 is 12.0 Å². The average Bonchev–Trinajstić information content (AvgIpc) is 2.85. The van der Waals surface area contributed by atoms with Crippen molar-refractivity contribution in [2.45, 2.75) is 52.1 Å². The van der Waals surface area contributed by atoms with E-state index in [1.165, 1.54) is 17.2 Å². The second-order valence-corrected chi connectivity index (χ2v) is 7.10. The molecule has 0 aliphatic heterocycles. The minimum atomic E-state index is -0.666. The molecule has 1 amide bonds. The molecule has 0 saturated heterocycles. The lowest BCUT2D eigenvalue weighted by molar-refractivity contribution is -0.118. The van der Waals surface area contributed by atoms with Crippen LogP contribution in [0.3, 0.4) is 0 Å². The van der Waals surface area contributed by atoms with Crippen LogP contribution in [0.4, 0.5) is 0 Å². The van der Waals surface area contributed by atoms with E-state index in [0.717, 1.165) is 36.2 Å². The lowest BCUT2D eigenvalue weighted by Gasteiger charge is -2.35. The molecule has 1 N–H and O–H groups in total. The first-order valence-corrected chi connectivity index (χ1v) is 8.93. The number of carbonyl (C=O) groups is 1. The van der Waals surface area contributed by atoms with Gasteiger partial charge in [-0.05, 0) is 51.7 Å². The summed E-state index contributed by atoms with van der Waals surface area (Å²) in [7, 11) is 0. The number of aromatic nitrogens is 2. The summed E-state index contributed by atoms with van der Waals surface area (Å²) in [6.07, 6.45) is 5.75. The van der Waals surface area contributed by atoms with E-state index in [9.17, 15) is 10.1 Å². The van der Waals surface area contributed by atoms with Gasteiger partial charge in [0, 0.05) is 17.3 Å². The maximum Gasteiger partial charge on any atom is 0.245 e. The molecule has 0 atom stereocenters. The van der Waals surface area contributed by atoms with Gasteiger partial charge in [0.25, 0.3) is 0 Å². The van der Waals surface area contributed by atoms with Crippen LogP contribution in [0.1, 0.15) is 47.3 Å². The molecule has 1 heterocycles. The van der Waals surface area contributed by atoms with Gasteiger partial charge in [-0.2, -0.15) is 10.4 Å². The lowest BCUT2D eigenvalue weighted by atomic mass is 9.78. The quantitative estimate of drug-likeness (QED) is 0.842. The number of hydrogen-bond donors (Lipinski definition) is 1. The van der Waals surface area contributed by atoms with Crippen molar-refractivity contribution in [2.75, 3.05) is 0 Å². The number of rotatable bonds is 5. The van der Waals surface area contributed by atoms with Crippen molar-refractivity contribution in [1.29, 1.82) is 5.26 Å². The molecule has 3 rings (SSSR count). The molecule has 0 spiro atoms. The first-order chi connectivity index (χ1) is 12.4. The highest BCUT2D eigenvalue weighted by atomic mass is 16.1. The molecule has 0 radical (unpaired) electrons. The highest BCUT2D eigenvalue weighted by Crippen LogP contribution is 2.30. The van der Waals surface area contributed by atoms with Crippen LogP contribution in [0.5, 0.6) is 0 Å². The third-order valence-electron chi connectivity index (χ3n) is 5.08. The minimum absolute atomic E-state index is 0.226. The molecule has 2 aromatic rings. The van der Waals surface area contributed by atoms with Gasteiger partial charge in [-0.25, -0.2) is 0 Å². The van der Waals surface area contributed by atoms with Gasteiger partial charge in [0.15, 0.2) is 0 Å². The fourth-order valence-corrected chi connectivity index (χ4v) is 3.20. The number of nitrogens with zero attached hydrogens (tertiary/aromatic N) is 3. The molecule has 1 aromatic heterocycles. The van der Waals surface area contributed by atoms with Crippen LogP contribution in [0.25, 0.3) is 6.08 Å². The van der Waals surface area contributed by atoms with Gasteiger partial charge in [0.2, 0.25) is 5.91 Å². The fourth-order valence-electron chi connectivity index (χ4n) is 3.20. The zero-order valence-corrected chi connectivity index (χ0v) is 15.5. The predicted molar refractivity (Wildman–Crippen MR) is 101 cm³/mol. The second kappa shape index (κ2) is 7.17. The van der Waals surface area contributed by atoms with Crippen molar-refractivity contribution in [3.05, 3.63) is 58.4 Å². The van der Waals surface area contributed by atoms with Crippen LogP contribution in [-0.2, 0) is 11.3 Å². The van der Waals surface area contributed by atoms with E-state index >= 15 is 0 Å². The highest BCUT2D eigenvalue weighted by Gasteiger charge is 2.38. The summed E-state index contributed by atoms with van der Waals surface area (Å²) in [4.78, 5) is 12.2. The molecular weight excluding hydrogens is 324 g/mol. The van der Waals surface area contributed by atoms with E-state index in [1.807, 2.05) is 18.5 Å². The van der Waals surface area contributed by atoms with Crippen LogP contribution in [-0.4, -0.2) is 21.2 Å². The van der Waals surface area contributed by atoms with Crippen LogP contribution in [0, 0.1) is 32.1 Å². The molecule has 0 unspecified atom stereocenters. The zero-order chi connectivity index (χ0) is 18.7. The van der Waals surface area contributed by atoms with Crippen molar-refractivity contribution in [1.82, 2.24) is 15.1 Å². The monoisotopic (exact) mass is 348 g/mol. The topological polar surface area (TPSA) is 70.7 Å². The number of aryl methyl sites for hydroxylation is 2. The first-order valence-electron chi connectivity index (χ1n) is 8.93. The maximum atomic E-state index is 12.2. The second-order valence-electron chi connectivity index (χ2n) is 7.10. The third-order valence-corrected chi connectivity index (χ3v) is 5.08. The van der Waals surface area contributed by atoms with Crippen molar-refractivity contribution < 1.29 is 4.79 Å². The van der Waals surface area contributed by atoms with Crippen molar-refractivity contribution in [3.63, 3.8) is 0 Å². The van der Waals surface area contributed by atoms with E-state index in [0.29, 0.717) is 6.54 Å². The van der Waals surface area contributed by atoms with E-state index in [-0.39, 0.29) is 5.91 Å². The standard InChI is InChI=1S/C21H24N4O/c1-15-5-7-18(8-6-15)13-25-17(3)19(16(2)24-25)9-10-20(26)23-21(14-22)11-4-12-21/h5-10H,4,11-13H2,1-3H3,(H,23,26)/b10-9+. The van der Waals surface area contributed by atoms with Crippen LogP contribution in [0.15, 0.2) is 30.3 Å². The molecule has 1 fully saturated rings. The summed E-state index contributed by atoms with van der Waals surface area (Å²) < 4.78 is 1.96. The lowest BCUT2D eigenvalue weighted by Crippen LogP contribution is -2.51. The van der Waals surface area contributed by atoms with Gasteiger partial charge in [-0.15, -0.1) is 0 Å². The molecule has 1 aliphatic rings. The van der Waals surface area contributed by atoms with E-state index in [2.05, 4.69) is 47.7 Å². The van der Waals surface area contributed by atoms with Crippen LogP contribution < -0.4 is 5.32 Å². The van der Waals surface area contributed by atoms with Crippen LogP contribution >= 0.6 is 0 Å². The Morgan fingerprint density at radius 1 is 1.31 bits per heavy atom. The predicted octanol–water partition coefficient (Wildman–Crippen LogP) is 3.43. The van der Waals surface area contributed by atoms with E-state index < -0.39 is 5.54 Å². The molecule has 134 valence electrons. The van der Waals surface area contributed by atoms with Gasteiger partial charge in [-0.3, -0.25) is 9.48 Å². The largest absolute Gasteiger partial charge is 0.334 e. The third kappa shape index (κ3) is 3.70. The number of carbonyl (C=O) groups excluding carboxylic acids is 1. The van der Waals surface area contributed by atoms with Crippen LogP contribution in [0.2, 0.25) is 0 Å². The molecule has 26 heavy (non-hydrogen) atoms. The van der Waals surface area contributed by atoms with Gasteiger partial charge >= 0.3 is 0 Å². The Bertz CT molecular complexity index is 880. The summed E-state index contributed by atoms with van der Waals surface area (Å²) in [5, 5.41) is 16.6. The summed E-state index contributed by atoms with van der Waals surface area (Å²) in [6.45, 7) is 6.72. The molecular formula is C21H24N4O. The highest BCUT2D eigenvalue weighted by molar-refractivity contribution is 5.92. The Kier molecular flexibility index (Phi) is 4.94. The molecule has 1 aromatic carbocycles.